The van der Waals surface area contributed by atoms with E-state index in [0.29, 0.717) is 24.6 Å². The van der Waals surface area contributed by atoms with Gasteiger partial charge in [0.1, 0.15) is 12.4 Å². The highest BCUT2D eigenvalue weighted by Gasteiger charge is 2.25. The highest BCUT2D eigenvalue weighted by molar-refractivity contribution is 5.94. The van der Waals surface area contributed by atoms with Crippen LogP contribution in [0.3, 0.4) is 0 Å². The molecule has 3 rings (SSSR count). The average molecular weight is 338 g/mol. The Morgan fingerprint density at radius 2 is 1.76 bits per heavy atom. The van der Waals surface area contributed by atoms with Gasteiger partial charge >= 0.3 is 0 Å². The van der Waals surface area contributed by atoms with Crippen LogP contribution in [-0.4, -0.2) is 18.5 Å². The van der Waals surface area contributed by atoms with Crippen molar-refractivity contribution in [3.05, 3.63) is 65.7 Å². The molecular weight excluding hydrogens is 312 g/mol. The molecule has 0 radical (unpaired) electrons. The van der Waals surface area contributed by atoms with Gasteiger partial charge in [0.25, 0.3) is 5.91 Å². The number of ether oxygens (including phenoxy) is 1. The summed E-state index contributed by atoms with van der Waals surface area (Å²) in [5.74, 6) is 1.23. The van der Waals surface area contributed by atoms with Crippen LogP contribution in [0.5, 0.6) is 5.75 Å². The van der Waals surface area contributed by atoms with Crippen LogP contribution in [0.25, 0.3) is 0 Å². The second-order valence-electron chi connectivity index (χ2n) is 6.66. The van der Waals surface area contributed by atoms with E-state index in [1.807, 2.05) is 54.6 Å². The van der Waals surface area contributed by atoms with Crippen molar-refractivity contribution < 1.29 is 9.53 Å². The average Bonchev–Trinajstić information content (AvgIpc) is 2.68. The number of benzene rings is 2. The van der Waals surface area contributed by atoms with Crippen LogP contribution in [-0.2, 0) is 6.61 Å². The second kappa shape index (κ2) is 8.67. The lowest BCUT2D eigenvalue weighted by atomic mass is 9.84. The molecule has 25 heavy (non-hydrogen) atoms. The van der Waals surface area contributed by atoms with Crippen LogP contribution in [0, 0.1) is 5.92 Å². The van der Waals surface area contributed by atoms with Crippen molar-refractivity contribution in [2.24, 2.45) is 11.7 Å². The molecule has 1 saturated carbocycles. The SMILES string of the molecule is NCC1CCCCC1NC(=O)c1ccc(COc2ccccc2)cc1. The molecule has 1 fully saturated rings. The van der Waals surface area contributed by atoms with E-state index in [2.05, 4.69) is 5.32 Å². The van der Waals surface area contributed by atoms with Gasteiger partial charge in [0.05, 0.1) is 0 Å². The number of para-hydroxylation sites is 1. The molecule has 2 aromatic rings. The fraction of sp³-hybridized carbons (Fsp3) is 0.381. The van der Waals surface area contributed by atoms with E-state index in [0.717, 1.165) is 30.6 Å². The summed E-state index contributed by atoms with van der Waals surface area (Å²) >= 11 is 0. The van der Waals surface area contributed by atoms with Gasteiger partial charge in [-0.3, -0.25) is 4.79 Å². The summed E-state index contributed by atoms with van der Waals surface area (Å²) in [5, 5.41) is 3.16. The number of hydrogen-bond acceptors (Lipinski definition) is 3. The first-order chi connectivity index (χ1) is 12.3. The highest BCUT2D eigenvalue weighted by atomic mass is 16.5. The molecule has 0 bridgehead atoms. The molecule has 2 atom stereocenters. The predicted molar refractivity (Wildman–Crippen MR) is 99.5 cm³/mol. The summed E-state index contributed by atoms with van der Waals surface area (Å²) in [6, 6.07) is 17.5. The summed E-state index contributed by atoms with van der Waals surface area (Å²) in [5.41, 5.74) is 7.57. The maximum Gasteiger partial charge on any atom is 0.251 e. The van der Waals surface area contributed by atoms with Crippen LogP contribution in [0.1, 0.15) is 41.6 Å². The third-order valence-electron chi connectivity index (χ3n) is 4.89. The Morgan fingerprint density at radius 1 is 1.04 bits per heavy atom. The lowest BCUT2D eigenvalue weighted by Crippen LogP contribution is -2.44. The molecule has 2 aromatic carbocycles. The zero-order valence-corrected chi connectivity index (χ0v) is 14.5. The van der Waals surface area contributed by atoms with E-state index >= 15 is 0 Å². The summed E-state index contributed by atoms with van der Waals surface area (Å²) in [6.07, 6.45) is 4.51. The molecule has 1 aliphatic carbocycles. The van der Waals surface area contributed by atoms with Crippen LogP contribution < -0.4 is 15.8 Å². The molecular formula is C21H26N2O2. The number of hydrogen-bond donors (Lipinski definition) is 2. The predicted octanol–water partition coefficient (Wildman–Crippen LogP) is 3.51. The van der Waals surface area contributed by atoms with Gasteiger partial charge in [0.2, 0.25) is 0 Å². The van der Waals surface area contributed by atoms with Gasteiger partial charge in [0.15, 0.2) is 0 Å². The van der Waals surface area contributed by atoms with Crippen molar-refractivity contribution >= 4 is 5.91 Å². The number of carbonyl (C=O) groups is 1. The monoisotopic (exact) mass is 338 g/mol. The van der Waals surface area contributed by atoms with Crippen molar-refractivity contribution in [2.45, 2.75) is 38.3 Å². The Labute approximate surface area is 149 Å². The fourth-order valence-corrected chi connectivity index (χ4v) is 3.37. The van der Waals surface area contributed by atoms with Gasteiger partial charge in [-0.15, -0.1) is 0 Å². The van der Waals surface area contributed by atoms with Crippen molar-refractivity contribution in [1.82, 2.24) is 5.32 Å². The minimum atomic E-state index is -0.0131. The number of nitrogens with two attached hydrogens (primary N) is 1. The first-order valence-electron chi connectivity index (χ1n) is 9.04. The van der Waals surface area contributed by atoms with Crippen molar-refractivity contribution in [1.29, 1.82) is 0 Å². The molecule has 1 amide bonds. The Balaban J connectivity index is 1.55. The first kappa shape index (κ1) is 17.5. The van der Waals surface area contributed by atoms with E-state index < -0.39 is 0 Å². The van der Waals surface area contributed by atoms with Crippen molar-refractivity contribution in [2.75, 3.05) is 6.54 Å². The lowest BCUT2D eigenvalue weighted by Gasteiger charge is -2.31. The Hall–Kier alpha value is -2.33. The maximum absolute atomic E-state index is 12.5. The molecule has 4 heteroatoms. The normalized spacial score (nSPS) is 20.0. The molecule has 3 N–H and O–H groups in total. The highest BCUT2D eigenvalue weighted by Crippen LogP contribution is 2.24. The van der Waals surface area contributed by atoms with Gasteiger partial charge in [-0.2, -0.15) is 0 Å². The van der Waals surface area contributed by atoms with E-state index in [1.165, 1.54) is 6.42 Å². The summed E-state index contributed by atoms with van der Waals surface area (Å²) in [4.78, 5) is 12.5. The Bertz CT molecular complexity index is 670. The van der Waals surface area contributed by atoms with Crippen LogP contribution >= 0.6 is 0 Å². The second-order valence-corrected chi connectivity index (χ2v) is 6.66. The molecule has 4 nitrogen and oxygen atoms in total. The van der Waals surface area contributed by atoms with E-state index in [4.69, 9.17) is 10.5 Å². The molecule has 0 spiro atoms. The molecule has 0 heterocycles. The molecule has 2 unspecified atom stereocenters. The zero-order chi connectivity index (χ0) is 17.5. The van der Waals surface area contributed by atoms with Crippen LogP contribution in [0.15, 0.2) is 54.6 Å². The zero-order valence-electron chi connectivity index (χ0n) is 14.5. The minimum Gasteiger partial charge on any atom is -0.489 e. The molecule has 1 aliphatic rings. The Kier molecular flexibility index (Phi) is 6.07. The summed E-state index contributed by atoms with van der Waals surface area (Å²) in [7, 11) is 0. The van der Waals surface area contributed by atoms with Gasteiger partial charge in [-0.1, -0.05) is 43.2 Å². The van der Waals surface area contributed by atoms with E-state index in [1.54, 1.807) is 0 Å². The molecule has 0 saturated heterocycles. The molecule has 0 aromatic heterocycles. The number of rotatable bonds is 6. The van der Waals surface area contributed by atoms with Gasteiger partial charge < -0.3 is 15.8 Å². The van der Waals surface area contributed by atoms with E-state index in [9.17, 15) is 4.79 Å². The first-order valence-corrected chi connectivity index (χ1v) is 9.04. The summed E-state index contributed by atoms with van der Waals surface area (Å²) < 4.78 is 5.73. The van der Waals surface area contributed by atoms with Crippen LogP contribution in [0.4, 0.5) is 0 Å². The molecule has 0 aliphatic heterocycles. The van der Waals surface area contributed by atoms with Gasteiger partial charge in [-0.25, -0.2) is 0 Å². The van der Waals surface area contributed by atoms with Crippen molar-refractivity contribution in [3.8, 4) is 5.75 Å². The van der Waals surface area contributed by atoms with Gasteiger partial charge in [0, 0.05) is 11.6 Å². The minimum absolute atomic E-state index is 0.0131. The quantitative estimate of drug-likeness (QED) is 0.847. The van der Waals surface area contributed by atoms with Crippen LogP contribution in [0.2, 0.25) is 0 Å². The number of nitrogens with one attached hydrogen (secondary N) is 1. The summed E-state index contributed by atoms with van der Waals surface area (Å²) in [6.45, 7) is 1.13. The van der Waals surface area contributed by atoms with Gasteiger partial charge in [-0.05, 0) is 55.1 Å². The molecule has 132 valence electrons. The standard InChI is InChI=1S/C21H26N2O2/c22-14-18-6-4-5-9-20(18)23-21(24)17-12-10-16(11-13-17)15-25-19-7-2-1-3-8-19/h1-3,7-8,10-13,18,20H,4-6,9,14-15,22H2,(H,23,24). The largest absolute Gasteiger partial charge is 0.489 e. The smallest absolute Gasteiger partial charge is 0.251 e. The third-order valence-corrected chi connectivity index (χ3v) is 4.89. The number of amides is 1. The maximum atomic E-state index is 12.5. The van der Waals surface area contributed by atoms with E-state index in [-0.39, 0.29) is 11.9 Å². The topological polar surface area (TPSA) is 64.3 Å². The fourth-order valence-electron chi connectivity index (χ4n) is 3.37. The number of carbonyl (C=O) groups excluding carboxylic acids is 1. The third kappa shape index (κ3) is 4.83. The lowest BCUT2D eigenvalue weighted by molar-refractivity contribution is 0.0908. The Morgan fingerprint density at radius 3 is 2.48 bits per heavy atom. The van der Waals surface area contributed by atoms with Crippen molar-refractivity contribution in [3.63, 3.8) is 0 Å².